The van der Waals surface area contributed by atoms with Crippen LogP contribution in [0.25, 0.3) is 0 Å². The molecule has 1 aliphatic rings. The second-order valence-corrected chi connectivity index (χ2v) is 6.71. The van der Waals surface area contributed by atoms with Crippen LogP contribution in [0, 0.1) is 0 Å². The molecule has 0 bridgehead atoms. The zero-order chi connectivity index (χ0) is 19.9. The number of nitrogens with one attached hydrogen (secondary N) is 2. The van der Waals surface area contributed by atoms with Crippen LogP contribution >= 0.6 is 0 Å². The van der Waals surface area contributed by atoms with Crippen LogP contribution in [0.2, 0.25) is 0 Å². The van der Waals surface area contributed by atoms with Crippen molar-refractivity contribution < 1.29 is 9.47 Å². The Kier molecular flexibility index (Phi) is 6.07. The lowest BCUT2D eigenvalue weighted by Crippen LogP contribution is -2.36. The highest BCUT2D eigenvalue weighted by Crippen LogP contribution is 2.28. The number of methoxy groups -OCH3 is 1. The summed E-state index contributed by atoms with van der Waals surface area (Å²) in [7, 11) is 1.66. The van der Waals surface area contributed by atoms with Gasteiger partial charge in [0, 0.05) is 25.8 Å². The van der Waals surface area contributed by atoms with E-state index >= 15 is 0 Å². The summed E-state index contributed by atoms with van der Waals surface area (Å²) in [4.78, 5) is 11.3. The van der Waals surface area contributed by atoms with Crippen molar-refractivity contribution in [3.05, 3.63) is 66.4 Å². The maximum Gasteiger partial charge on any atom is 0.224 e. The van der Waals surface area contributed by atoms with E-state index in [-0.39, 0.29) is 0 Å². The fraction of sp³-hybridized carbons (Fsp3) is 0.273. The highest BCUT2D eigenvalue weighted by molar-refractivity contribution is 5.74. The van der Waals surface area contributed by atoms with Crippen molar-refractivity contribution >= 4 is 23.1 Å². The number of hydrogen-bond donors (Lipinski definition) is 2. The fourth-order valence-electron chi connectivity index (χ4n) is 3.24. The topological polar surface area (TPSA) is 71.5 Å². The van der Waals surface area contributed by atoms with Crippen LogP contribution < -0.4 is 20.3 Å². The molecule has 0 atom stereocenters. The number of nitrogens with zero attached hydrogens (tertiary/aromatic N) is 3. The first-order chi connectivity index (χ1) is 14.3. The first-order valence-electron chi connectivity index (χ1n) is 9.70. The Morgan fingerprint density at radius 2 is 1.83 bits per heavy atom. The van der Waals surface area contributed by atoms with E-state index in [0.717, 1.165) is 54.8 Å². The number of anilines is 4. The van der Waals surface area contributed by atoms with E-state index in [2.05, 4.69) is 43.7 Å². The van der Waals surface area contributed by atoms with Crippen molar-refractivity contribution in [3.8, 4) is 5.75 Å². The summed E-state index contributed by atoms with van der Waals surface area (Å²) in [6, 6.07) is 18.1. The average Bonchev–Trinajstić information content (AvgIpc) is 2.79. The summed E-state index contributed by atoms with van der Waals surface area (Å²) in [5.74, 6) is 2.17. The van der Waals surface area contributed by atoms with E-state index in [1.807, 2.05) is 36.4 Å². The van der Waals surface area contributed by atoms with Crippen LogP contribution in [0.5, 0.6) is 5.75 Å². The van der Waals surface area contributed by atoms with Gasteiger partial charge in [-0.05, 0) is 35.9 Å². The Morgan fingerprint density at radius 3 is 2.62 bits per heavy atom. The third-order valence-corrected chi connectivity index (χ3v) is 4.78. The maximum absolute atomic E-state index is 5.47. The molecular formula is C22H25N5O2. The van der Waals surface area contributed by atoms with Gasteiger partial charge in [-0.1, -0.05) is 24.3 Å². The third kappa shape index (κ3) is 4.94. The molecule has 150 valence electrons. The van der Waals surface area contributed by atoms with Crippen molar-refractivity contribution in [2.75, 3.05) is 48.9 Å². The molecule has 0 saturated carbocycles. The molecule has 2 aromatic carbocycles. The number of hydrogen-bond acceptors (Lipinski definition) is 7. The number of para-hydroxylation sites is 2. The molecule has 0 radical (unpaired) electrons. The van der Waals surface area contributed by atoms with Crippen molar-refractivity contribution in [2.24, 2.45) is 0 Å². The van der Waals surface area contributed by atoms with Gasteiger partial charge in [-0.3, -0.25) is 0 Å². The monoisotopic (exact) mass is 391 g/mol. The Hall–Kier alpha value is -3.32. The minimum atomic E-state index is 0.578. The predicted octanol–water partition coefficient (Wildman–Crippen LogP) is 3.68. The molecule has 4 rings (SSSR count). The largest absolute Gasteiger partial charge is 0.497 e. The smallest absolute Gasteiger partial charge is 0.224 e. The van der Waals surface area contributed by atoms with Crippen molar-refractivity contribution in [2.45, 2.75) is 6.54 Å². The molecule has 7 nitrogen and oxygen atoms in total. The van der Waals surface area contributed by atoms with Gasteiger partial charge >= 0.3 is 0 Å². The van der Waals surface area contributed by atoms with Crippen LogP contribution in [0.4, 0.5) is 23.1 Å². The van der Waals surface area contributed by atoms with Gasteiger partial charge in [0.2, 0.25) is 5.95 Å². The fourth-order valence-corrected chi connectivity index (χ4v) is 3.24. The lowest BCUT2D eigenvalue weighted by molar-refractivity contribution is 0.123. The molecule has 0 amide bonds. The van der Waals surface area contributed by atoms with E-state index in [1.54, 1.807) is 13.3 Å². The molecule has 0 spiro atoms. The average molecular weight is 391 g/mol. The second kappa shape index (κ2) is 9.25. The van der Waals surface area contributed by atoms with E-state index in [0.29, 0.717) is 12.5 Å². The molecule has 0 unspecified atom stereocenters. The third-order valence-electron chi connectivity index (χ3n) is 4.78. The van der Waals surface area contributed by atoms with E-state index in [1.165, 1.54) is 0 Å². The van der Waals surface area contributed by atoms with E-state index < -0.39 is 0 Å². The first-order valence-corrected chi connectivity index (χ1v) is 9.70. The predicted molar refractivity (Wildman–Crippen MR) is 115 cm³/mol. The van der Waals surface area contributed by atoms with Crippen LogP contribution in [0.3, 0.4) is 0 Å². The molecule has 1 saturated heterocycles. The van der Waals surface area contributed by atoms with Crippen LogP contribution in [0.1, 0.15) is 5.56 Å². The molecule has 0 aliphatic carbocycles. The highest BCUT2D eigenvalue weighted by Gasteiger charge is 2.14. The van der Waals surface area contributed by atoms with Crippen molar-refractivity contribution in [1.82, 2.24) is 9.97 Å². The number of aromatic nitrogens is 2. The molecule has 1 aromatic heterocycles. The molecular weight excluding hydrogens is 366 g/mol. The number of morpholine rings is 1. The molecule has 7 heteroatoms. The standard InChI is InChI=1S/C22H25N5O2/c1-28-18-8-6-17(7-9-18)16-24-22-23-11-10-21(26-22)25-19-4-2-3-5-20(19)27-12-14-29-15-13-27/h2-11H,12-16H2,1H3,(H2,23,24,25,26). The molecule has 1 aliphatic heterocycles. The van der Waals surface area contributed by atoms with Crippen LogP contribution in [-0.2, 0) is 11.3 Å². The van der Waals surface area contributed by atoms with Gasteiger partial charge in [-0.2, -0.15) is 4.98 Å². The molecule has 29 heavy (non-hydrogen) atoms. The quantitative estimate of drug-likeness (QED) is 0.637. The van der Waals surface area contributed by atoms with Crippen molar-refractivity contribution in [3.63, 3.8) is 0 Å². The maximum atomic E-state index is 5.47. The summed E-state index contributed by atoms with van der Waals surface area (Å²) >= 11 is 0. The highest BCUT2D eigenvalue weighted by atomic mass is 16.5. The van der Waals surface area contributed by atoms with Gasteiger partial charge in [0.1, 0.15) is 11.6 Å². The van der Waals surface area contributed by atoms with E-state index in [9.17, 15) is 0 Å². The Balaban J connectivity index is 1.44. The van der Waals surface area contributed by atoms with Crippen LogP contribution in [0.15, 0.2) is 60.8 Å². The van der Waals surface area contributed by atoms with Gasteiger partial charge in [0.05, 0.1) is 31.7 Å². The molecule has 2 N–H and O–H groups in total. The van der Waals surface area contributed by atoms with E-state index in [4.69, 9.17) is 9.47 Å². The van der Waals surface area contributed by atoms with Crippen molar-refractivity contribution in [1.29, 1.82) is 0 Å². The number of benzene rings is 2. The number of rotatable bonds is 7. The lowest BCUT2D eigenvalue weighted by Gasteiger charge is -2.30. The Morgan fingerprint density at radius 1 is 1.03 bits per heavy atom. The Labute approximate surface area is 170 Å². The van der Waals surface area contributed by atoms with Crippen LogP contribution in [-0.4, -0.2) is 43.4 Å². The molecule has 3 aromatic rings. The number of ether oxygens (including phenoxy) is 2. The lowest BCUT2D eigenvalue weighted by atomic mass is 10.2. The Bertz CT molecular complexity index is 926. The van der Waals surface area contributed by atoms with Gasteiger partial charge in [0.25, 0.3) is 0 Å². The zero-order valence-corrected chi connectivity index (χ0v) is 16.5. The van der Waals surface area contributed by atoms with Gasteiger partial charge < -0.3 is 25.0 Å². The zero-order valence-electron chi connectivity index (χ0n) is 16.5. The summed E-state index contributed by atoms with van der Waals surface area (Å²) in [5.41, 5.74) is 3.31. The summed E-state index contributed by atoms with van der Waals surface area (Å²) in [6.45, 7) is 3.91. The minimum absolute atomic E-state index is 0.578. The molecule has 1 fully saturated rings. The summed E-state index contributed by atoms with van der Waals surface area (Å²) in [5, 5.41) is 6.71. The van der Waals surface area contributed by atoms with Gasteiger partial charge in [-0.25, -0.2) is 4.98 Å². The molecule has 2 heterocycles. The minimum Gasteiger partial charge on any atom is -0.497 e. The second-order valence-electron chi connectivity index (χ2n) is 6.71. The normalized spacial score (nSPS) is 13.8. The van der Waals surface area contributed by atoms with Gasteiger partial charge in [0.15, 0.2) is 0 Å². The summed E-state index contributed by atoms with van der Waals surface area (Å²) in [6.07, 6.45) is 1.75. The first kappa shape index (κ1) is 19.0. The SMILES string of the molecule is COc1ccc(CNc2nccc(Nc3ccccc3N3CCOCC3)n2)cc1. The summed E-state index contributed by atoms with van der Waals surface area (Å²) < 4.78 is 10.7. The van der Waals surface area contributed by atoms with Gasteiger partial charge in [-0.15, -0.1) is 0 Å².